The summed E-state index contributed by atoms with van der Waals surface area (Å²) < 4.78 is 35.9. The third kappa shape index (κ3) is 1.90. The Labute approximate surface area is 91.0 Å². The van der Waals surface area contributed by atoms with E-state index in [1.807, 2.05) is 0 Å². The summed E-state index contributed by atoms with van der Waals surface area (Å²) in [4.78, 5) is 11.0. The van der Waals surface area contributed by atoms with Crippen LogP contribution in [0.3, 0.4) is 0 Å². The molecule has 0 amide bonds. The standard InChI is InChI=1S/C11H10F2O3/c1-15-11-8(14)5-10(11)16-9-3-2-6(12)4-7(9)13/h2-4,10-11H,5H2,1H3. The van der Waals surface area contributed by atoms with E-state index in [1.165, 1.54) is 13.2 Å². The van der Waals surface area contributed by atoms with Gasteiger partial charge in [0, 0.05) is 19.6 Å². The van der Waals surface area contributed by atoms with Gasteiger partial charge in [-0.25, -0.2) is 8.78 Å². The number of hydrogen-bond acceptors (Lipinski definition) is 3. The first-order valence-electron chi connectivity index (χ1n) is 4.79. The summed E-state index contributed by atoms with van der Waals surface area (Å²) in [7, 11) is 1.39. The molecule has 0 bridgehead atoms. The van der Waals surface area contributed by atoms with Gasteiger partial charge < -0.3 is 9.47 Å². The van der Waals surface area contributed by atoms with Crippen LogP contribution in [0.4, 0.5) is 8.78 Å². The highest BCUT2D eigenvalue weighted by Gasteiger charge is 2.42. The molecular formula is C11H10F2O3. The number of ether oxygens (including phenoxy) is 2. The molecule has 0 N–H and O–H groups in total. The highest BCUT2D eigenvalue weighted by molar-refractivity contribution is 5.90. The van der Waals surface area contributed by atoms with Gasteiger partial charge in [0.25, 0.3) is 0 Å². The van der Waals surface area contributed by atoms with E-state index in [-0.39, 0.29) is 18.0 Å². The van der Waals surface area contributed by atoms with Gasteiger partial charge in [0.2, 0.25) is 0 Å². The van der Waals surface area contributed by atoms with Crippen molar-refractivity contribution >= 4 is 5.78 Å². The second-order valence-electron chi connectivity index (χ2n) is 3.56. The van der Waals surface area contributed by atoms with Crippen molar-refractivity contribution in [3.63, 3.8) is 0 Å². The molecule has 0 spiro atoms. The van der Waals surface area contributed by atoms with Crippen LogP contribution in [0.5, 0.6) is 5.75 Å². The first kappa shape index (κ1) is 11.0. The Balaban J connectivity index is 2.07. The molecule has 0 radical (unpaired) electrons. The van der Waals surface area contributed by atoms with E-state index >= 15 is 0 Å². The maximum Gasteiger partial charge on any atom is 0.169 e. The second-order valence-corrected chi connectivity index (χ2v) is 3.56. The summed E-state index contributed by atoms with van der Waals surface area (Å²) in [5.74, 6) is -1.59. The average molecular weight is 228 g/mol. The lowest BCUT2D eigenvalue weighted by atomic mass is 9.90. The Morgan fingerprint density at radius 2 is 2.12 bits per heavy atom. The SMILES string of the molecule is COC1C(=O)CC1Oc1ccc(F)cc1F. The van der Waals surface area contributed by atoms with E-state index in [2.05, 4.69) is 0 Å². The van der Waals surface area contributed by atoms with Crippen LogP contribution in [0.2, 0.25) is 0 Å². The molecule has 86 valence electrons. The van der Waals surface area contributed by atoms with Crippen LogP contribution < -0.4 is 4.74 Å². The normalized spacial score (nSPS) is 24.1. The minimum atomic E-state index is -0.783. The summed E-state index contributed by atoms with van der Waals surface area (Å²) in [6.45, 7) is 0. The van der Waals surface area contributed by atoms with Gasteiger partial charge in [-0.15, -0.1) is 0 Å². The predicted molar refractivity (Wildman–Crippen MR) is 51.2 cm³/mol. The van der Waals surface area contributed by atoms with Crippen LogP contribution in [0, 0.1) is 11.6 Å². The van der Waals surface area contributed by atoms with Crippen LogP contribution in [0.1, 0.15) is 6.42 Å². The van der Waals surface area contributed by atoms with E-state index < -0.39 is 23.8 Å². The molecule has 3 nitrogen and oxygen atoms in total. The fourth-order valence-corrected chi connectivity index (χ4v) is 1.59. The zero-order valence-corrected chi connectivity index (χ0v) is 8.57. The van der Waals surface area contributed by atoms with Gasteiger partial charge >= 0.3 is 0 Å². The molecule has 16 heavy (non-hydrogen) atoms. The van der Waals surface area contributed by atoms with Gasteiger partial charge in [0.05, 0.1) is 0 Å². The zero-order chi connectivity index (χ0) is 11.7. The molecule has 2 unspecified atom stereocenters. The lowest BCUT2D eigenvalue weighted by Crippen LogP contribution is -2.51. The molecule has 1 fully saturated rings. The fourth-order valence-electron chi connectivity index (χ4n) is 1.59. The van der Waals surface area contributed by atoms with Crippen LogP contribution in [0.25, 0.3) is 0 Å². The smallest absolute Gasteiger partial charge is 0.169 e. The molecule has 1 aliphatic rings. The molecule has 0 aliphatic heterocycles. The Kier molecular flexibility index (Phi) is 2.87. The van der Waals surface area contributed by atoms with Crippen molar-refractivity contribution in [2.45, 2.75) is 18.6 Å². The van der Waals surface area contributed by atoms with Gasteiger partial charge in [0.15, 0.2) is 23.5 Å². The van der Waals surface area contributed by atoms with Crippen molar-refractivity contribution < 1.29 is 23.0 Å². The molecule has 1 aromatic carbocycles. The van der Waals surface area contributed by atoms with Crippen molar-refractivity contribution in [1.82, 2.24) is 0 Å². The molecule has 1 aliphatic carbocycles. The highest BCUT2D eigenvalue weighted by atomic mass is 19.1. The zero-order valence-electron chi connectivity index (χ0n) is 8.57. The first-order valence-corrected chi connectivity index (χ1v) is 4.79. The number of Topliss-reactive ketones (excluding diaryl/α,β-unsaturated/α-hetero) is 1. The molecule has 2 rings (SSSR count). The molecular weight excluding hydrogens is 218 g/mol. The first-order chi connectivity index (χ1) is 7.61. The minimum absolute atomic E-state index is 0.0686. The maximum absolute atomic E-state index is 13.2. The molecule has 1 saturated carbocycles. The van der Waals surface area contributed by atoms with E-state index in [0.29, 0.717) is 0 Å². The van der Waals surface area contributed by atoms with Gasteiger partial charge in [-0.1, -0.05) is 0 Å². The monoisotopic (exact) mass is 228 g/mol. The molecule has 0 heterocycles. The summed E-state index contributed by atoms with van der Waals surface area (Å²) in [6.07, 6.45) is -0.947. The summed E-state index contributed by atoms with van der Waals surface area (Å²) in [5, 5.41) is 0. The maximum atomic E-state index is 13.2. The second kappa shape index (κ2) is 4.17. The Morgan fingerprint density at radius 1 is 1.38 bits per heavy atom. The van der Waals surface area contributed by atoms with Crippen molar-refractivity contribution in [1.29, 1.82) is 0 Å². The van der Waals surface area contributed by atoms with Crippen LogP contribution >= 0.6 is 0 Å². The van der Waals surface area contributed by atoms with Gasteiger partial charge in [-0.05, 0) is 12.1 Å². The van der Waals surface area contributed by atoms with Crippen molar-refractivity contribution in [3.05, 3.63) is 29.8 Å². The van der Waals surface area contributed by atoms with Crippen LogP contribution in [-0.2, 0) is 9.53 Å². The number of carbonyl (C=O) groups is 1. The Morgan fingerprint density at radius 3 is 2.69 bits per heavy atom. The topological polar surface area (TPSA) is 35.5 Å². The van der Waals surface area contributed by atoms with E-state index in [9.17, 15) is 13.6 Å². The number of rotatable bonds is 3. The van der Waals surface area contributed by atoms with Crippen molar-refractivity contribution in [2.75, 3.05) is 7.11 Å². The Hall–Kier alpha value is -1.49. The molecule has 5 heteroatoms. The average Bonchev–Trinajstić information content (AvgIpc) is 2.21. The lowest BCUT2D eigenvalue weighted by Gasteiger charge is -2.33. The summed E-state index contributed by atoms with van der Waals surface area (Å²) in [5.41, 5.74) is 0. The number of ketones is 1. The number of halogens is 2. The number of methoxy groups -OCH3 is 1. The predicted octanol–water partition coefficient (Wildman–Crippen LogP) is 1.70. The minimum Gasteiger partial charge on any atom is -0.484 e. The third-order valence-corrected chi connectivity index (χ3v) is 2.48. The van der Waals surface area contributed by atoms with Gasteiger partial charge in [-0.3, -0.25) is 4.79 Å². The summed E-state index contributed by atoms with van der Waals surface area (Å²) >= 11 is 0. The summed E-state index contributed by atoms with van der Waals surface area (Å²) in [6, 6.07) is 3.03. The van der Waals surface area contributed by atoms with E-state index in [0.717, 1.165) is 12.1 Å². The van der Waals surface area contributed by atoms with Gasteiger partial charge in [0.1, 0.15) is 11.9 Å². The number of benzene rings is 1. The van der Waals surface area contributed by atoms with Crippen LogP contribution in [0.15, 0.2) is 18.2 Å². The Bertz CT molecular complexity index is 420. The highest BCUT2D eigenvalue weighted by Crippen LogP contribution is 2.27. The van der Waals surface area contributed by atoms with E-state index in [4.69, 9.17) is 9.47 Å². The number of hydrogen-bond donors (Lipinski definition) is 0. The number of carbonyl (C=O) groups excluding carboxylic acids is 1. The quantitative estimate of drug-likeness (QED) is 0.789. The molecule has 0 aromatic heterocycles. The molecule has 1 aromatic rings. The van der Waals surface area contributed by atoms with E-state index in [1.54, 1.807) is 0 Å². The van der Waals surface area contributed by atoms with Gasteiger partial charge in [-0.2, -0.15) is 0 Å². The van der Waals surface area contributed by atoms with Crippen LogP contribution in [-0.4, -0.2) is 25.1 Å². The lowest BCUT2D eigenvalue weighted by molar-refractivity contribution is -0.151. The van der Waals surface area contributed by atoms with Crippen molar-refractivity contribution in [3.8, 4) is 5.75 Å². The van der Waals surface area contributed by atoms with Crippen molar-refractivity contribution in [2.24, 2.45) is 0 Å². The third-order valence-electron chi connectivity index (χ3n) is 2.48. The molecule has 0 saturated heterocycles. The largest absolute Gasteiger partial charge is 0.484 e. The molecule has 2 atom stereocenters. The fraction of sp³-hybridized carbons (Fsp3) is 0.364.